The van der Waals surface area contributed by atoms with Gasteiger partial charge in [-0.05, 0) is 43.7 Å². The molecule has 0 spiro atoms. The van der Waals surface area contributed by atoms with Gasteiger partial charge >= 0.3 is 0 Å². The lowest BCUT2D eigenvalue weighted by Crippen LogP contribution is -2.45. The predicted molar refractivity (Wildman–Crippen MR) is 109 cm³/mol. The predicted octanol–water partition coefficient (Wildman–Crippen LogP) is 1.38. The summed E-state index contributed by atoms with van der Waals surface area (Å²) in [6, 6.07) is 13.9. The van der Waals surface area contributed by atoms with Crippen molar-refractivity contribution in [1.82, 2.24) is 15.6 Å². The Bertz CT molecular complexity index is 873. The van der Waals surface area contributed by atoms with Gasteiger partial charge in [0.2, 0.25) is 11.5 Å². The Labute approximate surface area is 169 Å². The van der Waals surface area contributed by atoms with Crippen molar-refractivity contribution >= 4 is 11.8 Å². The van der Waals surface area contributed by atoms with Crippen LogP contribution in [0.1, 0.15) is 41.7 Å². The number of aliphatic hydroxyl groups excluding tert-OH is 1. The smallest absolute Gasteiger partial charge is 0.268 e. The molecule has 0 saturated heterocycles. The molecule has 2 aromatic rings. The molecule has 1 aromatic carbocycles. The van der Waals surface area contributed by atoms with Crippen molar-refractivity contribution in [3.05, 3.63) is 70.1 Å². The van der Waals surface area contributed by atoms with Gasteiger partial charge in [-0.2, -0.15) is 0 Å². The van der Waals surface area contributed by atoms with Gasteiger partial charge in [-0.3, -0.25) is 14.4 Å². The number of pyridine rings is 1. The zero-order valence-electron chi connectivity index (χ0n) is 16.3. The molecule has 1 saturated carbocycles. The van der Waals surface area contributed by atoms with Crippen molar-refractivity contribution in [1.29, 1.82) is 0 Å². The number of amides is 2. The Kier molecular flexibility index (Phi) is 7.19. The molecule has 0 radical (unpaired) electrons. The third-order valence-electron chi connectivity index (χ3n) is 5.34. The maximum atomic E-state index is 12.6. The maximum Gasteiger partial charge on any atom is 0.268 e. The highest BCUT2D eigenvalue weighted by atomic mass is 16.3. The zero-order chi connectivity index (χ0) is 20.6. The van der Waals surface area contributed by atoms with Gasteiger partial charge in [0.15, 0.2) is 0 Å². The lowest BCUT2D eigenvalue weighted by Gasteiger charge is -2.29. The monoisotopic (exact) mass is 397 g/mol. The summed E-state index contributed by atoms with van der Waals surface area (Å²) in [7, 11) is 0. The maximum absolute atomic E-state index is 12.6. The zero-order valence-corrected chi connectivity index (χ0v) is 16.3. The highest BCUT2D eigenvalue weighted by Gasteiger charge is 2.28. The molecule has 1 aliphatic carbocycles. The third kappa shape index (κ3) is 6.02. The number of hydrogen-bond acceptors (Lipinski definition) is 4. The normalized spacial score (nSPS) is 19.9. The average molecular weight is 397 g/mol. The van der Waals surface area contributed by atoms with Crippen LogP contribution in [0.25, 0.3) is 0 Å². The molecule has 1 atom stereocenters. The van der Waals surface area contributed by atoms with E-state index in [1.165, 1.54) is 6.07 Å². The first-order valence-corrected chi connectivity index (χ1v) is 10.0. The number of H-pyrrole nitrogens is 1. The minimum absolute atomic E-state index is 0.0202. The van der Waals surface area contributed by atoms with E-state index >= 15 is 0 Å². The van der Waals surface area contributed by atoms with Crippen molar-refractivity contribution in [2.24, 2.45) is 5.92 Å². The quantitative estimate of drug-likeness (QED) is 0.566. The molecule has 3 rings (SSSR count). The van der Waals surface area contributed by atoms with Gasteiger partial charge in [0.05, 0.1) is 12.6 Å². The first kappa shape index (κ1) is 20.8. The van der Waals surface area contributed by atoms with Crippen LogP contribution in [0.15, 0.2) is 53.3 Å². The van der Waals surface area contributed by atoms with Gasteiger partial charge in [-0.15, -0.1) is 0 Å². The Morgan fingerprint density at radius 3 is 2.41 bits per heavy atom. The largest absolute Gasteiger partial charge is 0.394 e. The van der Waals surface area contributed by atoms with Crippen molar-refractivity contribution in [3.63, 3.8) is 0 Å². The lowest BCUT2D eigenvalue weighted by atomic mass is 9.85. The molecule has 29 heavy (non-hydrogen) atoms. The second kappa shape index (κ2) is 10.0. The average Bonchev–Trinajstić information content (AvgIpc) is 2.74. The highest BCUT2D eigenvalue weighted by Crippen LogP contribution is 2.25. The number of nitrogens with one attached hydrogen (secondary N) is 3. The van der Waals surface area contributed by atoms with Crippen molar-refractivity contribution < 1.29 is 14.7 Å². The third-order valence-corrected chi connectivity index (χ3v) is 5.34. The van der Waals surface area contributed by atoms with E-state index in [2.05, 4.69) is 15.6 Å². The molecular weight excluding hydrogens is 370 g/mol. The Balaban J connectivity index is 1.46. The number of aromatic amines is 1. The van der Waals surface area contributed by atoms with Gasteiger partial charge < -0.3 is 20.7 Å². The van der Waals surface area contributed by atoms with Gasteiger partial charge in [-0.25, -0.2) is 0 Å². The van der Waals surface area contributed by atoms with E-state index < -0.39 is 0 Å². The number of carbonyl (C=O) groups is 2. The summed E-state index contributed by atoms with van der Waals surface area (Å²) < 4.78 is 0. The van der Waals surface area contributed by atoms with E-state index in [1.807, 2.05) is 30.3 Å². The molecule has 2 amide bonds. The van der Waals surface area contributed by atoms with Crippen LogP contribution < -0.4 is 16.2 Å². The summed E-state index contributed by atoms with van der Waals surface area (Å²) in [6.07, 6.45) is 3.33. The lowest BCUT2D eigenvalue weighted by molar-refractivity contribution is -0.127. The Hall–Kier alpha value is -2.93. The fraction of sp³-hybridized carbons (Fsp3) is 0.409. The van der Waals surface area contributed by atoms with Gasteiger partial charge in [0, 0.05) is 18.0 Å². The van der Waals surface area contributed by atoms with Crippen LogP contribution in [0.2, 0.25) is 0 Å². The summed E-state index contributed by atoms with van der Waals surface area (Å²) >= 11 is 0. The Morgan fingerprint density at radius 2 is 1.76 bits per heavy atom. The van der Waals surface area contributed by atoms with Crippen molar-refractivity contribution in [2.45, 2.75) is 44.2 Å². The number of aliphatic hydroxyl groups is 1. The SMILES string of the molecule is O=C(NC1CCC(C(=O)N[C@@H](CO)Cc2ccccc2)CC1)c1cccc(=O)[nH]1. The molecule has 1 aromatic heterocycles. The van der Waals surface area contributed by atoms with E-state index in [4.69, 9.17) is 0 Å². The molecule has 0 unspecified atom stereocenters. The van der Waals surface area contributed by atoms with Crippen LogP contribution in [-0.2, 0) is 11.2 Å². The number of rotatable bonds is 7. The summed E-state index contributed by atoms with van der Waals surface area (Å²) in [5, 5.41) is 15.5. The number of aromatic nitrogens is 1. The molecule has 0 aliphatic heterocycles. The minimum Gasteiger partial charge on any atom is -0.394 e. The molecule has 1 fully saturated rings. The molecule has 7 nitrogen and oxygen atoms in total. The summed E-state index contributed by atoms with van der Waals surface area (Å²) in [5.41, 5.74) is 0.994. The van der Waals surface area contributed by atoms with Crippen LogP contribution in [0.4, 0.5) is 0 Å². The van der Waals surface area contributed by atoms with E-state index in [9.17, 15) is 19.5 Å². The van der Waals surface area contributed by atoms with E-state index in [-0.39, 0.29) is 47.7 Å². The topological polar surface area (TPSA) is 111 Å². The van der Waals surface area contributed by atoms with Crippen LogP contribution >= 0.6 is 0 Å². The van der Waals surface area contributed by atoms with Crippen LogP contribution in [0.3, 0.4) is 0 Å². The van der Waals surface area contributed by atoms with Gasteiger partial charge in [0.1, 0.15) is 5.69 Å². The molecule has 1 heterocycles. The highest BCUT2D eigenvalue weighted by molar-refractivity contribution is 5.92. The molecule has 7 heteroatoms. The number of carbonyl (C=O) groups excluding carboxylic acids is 2. The van der Waals surface area contributed by atoms with E-state index in [0.29, 0.717) is 32.1 Å². The van der Waals surface area contributed by atoms with Gasteiger partial charge in [-0.1, -0.05) is 36.4 Å². The molecular formula is C22H27N3O4. The van der Waals surface area contributed by atoms with E-state index in [0.717, 1.165) is 5.56 Å². The minimum atomic E-state index is -0.313. The van der Waals surface area contributed by atoms with Crippen molar-refractivity contribution in [3.8, 4) is 0 Å². The summed E-state index contributed by atoms with van der Waals surface area (Å²) in [4.78, 5) is 38.7. The number of benzene rings is 1. The summed E-state index contributed by atoms with van der Waals surface area (Å²) in [6.45, 7) is -0.110. The van der Waals surface area contributed by atoms with Crippen LogP contribution in [0, 0.1) is 5.92 Å². The first-order chi connectivity index (χ1) is 14.0. The molecule has 154 valence electrons. The molecule has 0 bridgehead atoms. The Morgan fingerprint density at radius 1 is 1.03 bits per heavy atom. The second-order valence-corrected chi connectivity index (χ2v) is 7.53. The summed E-state index contributed by atoms with van der Waals surface area (Å²) in [5.74, 6) is -0.472. The second-order valence-electron chi connectivity index (χ2n) is 7.53. The first-order valence-electron chi connectivity index (χ1n) is 10.0. The van der Waals surface area contributed by atoms with Gasteiger partial charge in [0.25, 0.3) is 5.91 Å². The van der Waals surface area contributed by atoms with E-state index in [1.54, 1.807) is 12.1 Å². The molecule has 1 aliphatic rings. The number of hydrogen-bond donors (Lipinski definition) is 4. The van der Waals surface area contributed by atoms with Crippen LogP contribution in [0.5, 0.6) is 0 Å². The fourth-order valence-electron chi connectivity index (χ4n) is 3.72. The van der Waals surface area contributed by atoms with Crippen LogP contribution in [-0.4, -0.2) is 40.6 Å². The molecule has 4 N–H and O–H groups in total. The van der Waals surface area contributed by atoms with Crippen molar-refractivity contribution in [2.75, 3.05) is 6.61 Å². The standard InChI is InChI=1S/C22H27N3O4/c26-14-18(13-15-5-2-1-3-6-15)24-21(28)16-9-11-17(12-10-16)23-22(29)19-7-4-8-20(27)25-19/h1-8,16-18,26H,9-14H2,(H,23,29)(H,24,28)(H,25,27)/t16?,17?,18-/m1/s1. The fourth-order valence-corrected chi connectivity index (χ4v) is 3.72.